The fourth-order valence-corrected chi connectivity index (χ4v) is 3.93. The van der Waals surface area contributed by atoms with Gasteiger partial charge in [0.2, 0.25) is 0 Å². The van der Waals surface area contributed by atoms with Crippen LogP contribution in [0.1, 0.15) is 34.6 Å². The summed E-state index contributed by atoms with van der Waals surface area (Å²) in [6.45, 7) is 14.1. The van der Waals surface area contributed by atoms with Gasteiger partial charge in [0, 0.05) is 14.5 Å². The molecule has 0 bridgehead atoms. The van der Waals surface area contributed by atoms with E-state index in [2.05, 4.69) is 24.6 Å². The number of hydrogen-bond acceptors (Lipinski definition) is 1. The molecule has 23 heavy (non-hydrogen) atoms. The van der Waals surface area contributed by atoms with Gasteiger partial charge in [-0.15, -0.1) is 0 Å². The second kappa shape index (κ2) is 6.20. The van der Waals surface area contributed by atoms with Gasteiger partial charge in [0.15, 0.2) is 0 Å². The van der Waals surface area contributed by atoms with Crippen molar-refractivity contribution in [3.05, 3.63) is 47.4 Å². The first-order valence-electron chi connectivity index (χ1n) is 9.02. The molecule has 0 spiro atoms. The maximum Gasteiger partial charge on any atom is 0.132 e. The first-order valence-corrected chi connectivity index (χ1v) is 11.5. The number of rotatable bonds is 3. The van der Waals surface area contributed by atoms with E-state index in [1.807, 2.05) is 33.8 Å². The molecule has 0 amide bonds. The zero-order valence-corrected chi connectivity index (χ0v) is 16.2. The fourth-order valence-electron chi connectivity index (χ4n) is 2.54. The Kier molecular flexibility index (Phi) is 4.06. The van der Waals surface area contributed by atoms with Crippen molar-refractivity contribution in [1.82, 2.24) is 4.98 Å². The smallest absolute Gasteiger partial charge is 0.132 e. The number of aryl methyl sites for hydroxylation is 1. The summed E-state index contributed by atoms with van der Waals surface area (Å²) in [6, 6.07) is 6.82. The van der Waals surface area contributed by atoms with Crippen LogP contribution in [-0.4, -0.2) is 13.1 Å². The maximum absolute atomic E-state index is 14.4. The van der Waals surface area contributed by atoms with Crippen molar-refractivity contribution in [2.75, 3.05) is 0 Å². The van der Waals surface area contributed by atoms with Crippen LogP contribution < -0.4 is 5.19 Å². The monoisotopic (exact) mass is 331 g/mol. The van der Waals surface area contributed by atoms with Gasteiger partial charge >= 0.3 is 0 Å². The Bertz CT molecular complexity index is 789. The fraction of sp³-hybridized carbons (Fsp3) is 0.450. The summed E-state index contributed by atoms with van der Waals surface area (Å²) >= 11 is 0. The van der Waals surface area contributed by atoms with Crippen LogP contribution in [0.4, 0.5) is 4.39 Å². The molecule has 3 heteroatoms. The van der Waals surface area contributed by atoms with E-state index < -0.39 is 19.9 Å². The Labute approximate surface area is 143 Å². The number of pyridine rings is 1. The second-order valence-electron chi connectivity index (χ2n) is 8.22. The number of nitrogens with zero attached hydrogens (tertiary/aromatic N) is 1. The molecule has 1 nitrogen and oxygen atoms in total. The molecule has 1 heterocycles. The summed E-state index contributed by atoms with van der Waals surface area (Å²) in [7, 11) is -1.81. The third-order valence-corrected chi connectivity index (χ3v) is 5.64. The molecule has 0 saturated carbocycles. The van der Waals surface area contributed by atoms with Crippen LogP contribution in [0.5, 0.6) is 0 Å². The van der Waals surface area contributed by atoms with E-state index in [-0.39, 0.29) is 5.82 Å². The van der Waals surface area contributed by atoms with Gasteiger partial charge in [-0.3, -0.25) is 4.98 Å². The third-order valence-electron chi connectivity index (χ3n) is 3.62. The molecule has 0 radical (unpaired) electrons. The van der Waals surface area contributed by atoms with Gasteiger partial charge in [-0.05, 0) is 53.2 Å². The summed E-state index contributed by atoms with van der Waals surface area (Å²) in [5, 5.41) is 0.990. The van der Waals surface area contributed by atoms with E-state index in [1.54, 1.807) is 18.3 Å². The van der Waals surface area contributed by atoms with Crippen molar-refractivity contribution in [3.8, 4) is 11.3 Å². The zero-order chi connectivity index (χ0) is 19.2. The molecular weight excluding hydrogens is 301 g/mol. The van der Waals surface area contributed by atoms with Crippen LogP contribution in [0.15, 0.2) is 30.5 Å². The summed E-state index contributed by atoms with van der Waals surface area (Å²) < 4.78 is 31.9. The lowest BCUT2D eigenvalue weighted by Crippen LogP contribution is -2.41. The van der Waals surface area contributed by atoms with Crippen LogP contribution in [0.25, 0.3) is 11.3 Å². The SMILES string of the molecule is [2H]C([2H])(c1cc(-c2ccc(C)cc2F)ncc1[Si](C)(C)C)C(C)(C)C. The first-order chi connectivity index (χ1) is 11.2. The molecule has 0 unspecified atom stereocenters. The van der Waals surface area contributed by atoms with Crippen molar-refractivity contribution >= 4 is 13.3 Å². The van der Waals surface area contributed by atoms with Crippen molar-refractivity contribution in [3.63, 3.8) is 0 Å². The molecule has 0 aliphatic rings. The van der Waals surface area contributed by atoms with Gasteiger partial charge in [-0.2, -0.15) is 0 Å². The Morgan fingerprint density at radius 3 is 2.35 bits per heavy atom. The highest BCUT2D eigenvalue weighted by atomic mass is 28.3. The Hall–Kier alpha value is -1.48. The standard InChI is InChI=1S/C20H28FNSi/c1-14-8-9-16(17(21)10-14)18-11-15(12-20(2,3)4)19(13-22-18)23(5,6)7/h8-11,13H,12H2,1-7H3/i12D2. The molecule has 1 aromatic carbocycles. The lowest BCUT2D eigenvalue weighted by molar-refractivity contribution is 0.412. The molecule has 0 fully saturated rings. The Morgan fingerprint density at radius 1 is 1.17 bits per heavy atom. The van der Waals surface area contributed by atoms with Gasteiger partial charge in [-0.25, -0.2) is 4.39 Å². The first kappa shape index (κ1) is 15.1. The van der Waals surface area contributed by atoms with Crippen molar-refractivity contribution in [1.29, 1.82) is 0 Å². The van der Waals surface area contributed by atoms with Crippen LogP contribution in [0, 0.1) is 18.2 Å². The predicted molar refractivity (Wildman–Crippen MR) is 101 cm³/mol. The minimum absolute atomic E-state index is 0.324. The molecular formula is C20H28FNSi. The van der Waals surface area contributed by atoms with Gasteiger partial charge in [0.05, 0.1) is 13.8 Å². The van der Waals surface area contributed by atoms with E-state index in [0.29, 0.717) is 16.8 Å². The highest BCUT2D eigenvalue weighted by Gasteiger charge is 2.24. The Balaban J connectivity index is 2.75. The number of benzene rings is 1. The summed E-state index contributed by atoms with van der Waals surface area (Å²) in [5.41, 5.74) is 1.82. The minimum atomic E-state index is -1.81. The molecule has 0 aliphatic heterocycles. The molecule has 2 rings (SSSR count). The van der Waals surface area contributed by atoms with E-state index in [4.69, 9.17) is 2.74 Å². The average molecular weight is 332 g/mol. The normalized spacial score (nSPS) is 14.4. The molecule has 0 aliphatic carbocycles. The topological polar surface area (TPSA) is 12.9 Å². The van der Waals surface area contributed by atoms with Gasteiger partial charge < -0.3 is 0 Å². The average Bonchev–Trinajstić information content (AvgIpc) is 2.44. The van der Waals surface area contributed by atoms with Crippen LogP contribution >= 0.6 is 0 Å². The van der Waals surface area contributed by atoms with E-state index >= 15 is 0 Å². The van der Waals surface area contributed by atoms with Crippen LogP contribution in [0.2, 0.25) is 19.6 Å². The van der Waals surface area contributed by atoms with Crippen molar-refractivity contribution < 1.29 is 7.13 Å². The number of aromatic nitrogens is 1. The van der Waals surface area contributed by atoms with Crippen LogP contribution in [-0.2, 0) is 6.37 Å². The molecule has 2 aromatic rings. The van der Waals surface area contributed by atoms with Gasteiger partial charge in [0.1, 0.15) is 5.82 Å². The highest BCUT2D eigenvalue weighted by Crippen LogP contribution is 2.26. The maximum atomic E-state index is 14.4. The van der Waals surface area contributed by atoms with Gasteiger partial charge in [-0.1, -0.05) is 46.5 Å². The van der Waals surface area contributed by atoms with E-state index in [0.717, 1.165) is 10.8 Å². The lowest BCUT2D eigenvalue weighted by atomic mass is 9.88. The summed E-state index contributed by atoms with van der Waals surface area (Å²) in [6.07, 6.45) is 0.223. The lowest BCUT2D eigenvalue weighted by Gasteiger charge is -2.26. The molecule has 124 valence electrons. The minimum Gasteiger partial charge on any atom is -0.256 e. The van der Waals surface area contributed by atoms with Crippen LogP contribution in [0.3, 0.4) is 0 Å². The largest absolute Gasteiger partial charge is 0.256 e. The molecule has 0 N–H and O–H groups in total. The number of halogens is 1. The van der Waals surface area contributed by atoms with Crippen molar-refractivity contribution in [2.24, 2.45) is 5.41 Å². The summed E-state index contributed by atoms with van der Waals surface area (Å²) in [5.74, 6) is -0.324. The van der Waals surface area contributed by atoms with Gasteiger partial charge in [0.25, 0.3) is 0 Å². The van der Waals surface area contributed by atoms with Crippen molar-refractivity contribution in [2.45, 2.75) is 53.7 Å². The quantitative estimate of drug-likeness (QED) is 0.693. The number of hydrogen-bond donors (Lipinski definition) is 0. The zero-order valence-electron chi connectivity index (χ0n) is 17.2. The van der Waals surface area contributed by atoms with E-state index in [9.17, 15) is 4.39 Å². The molecule has 0 atom stereocenters. The summed E-state index contributed by atoms with van der Waals surface area (Å²) in [4.78, 5) is 4.49. The van der Waals surface area contributed by atoms with E-state index in [1.165, 1.54) is 6.07 Å². The second-order valence-corrected chi connectivity index (χ2v) is 13.3. The predicted octanol–water partition coefficient (Wildman–Crippen LogP) is 5.33. The Morgan fingerprint density at radius 2 is 1.83 bits per heavy atom. The molecule has 0 saturated heterocycles. The highest BCUT2D eigenvalue weighted by molar-refractivity contribution is 6.89. The molecule has 1 aromatic heterocycles. The third kappa shape index (κ3) is 4.50.